The molecule has 0 spiro atoms. The van der Waals surface area contributed by atoms with Gasteiger partial charge >= 0.3 is 7.12 Å². The van der Waals surface area contributed by atoms with E-state index in [9.17, 15) is 14.8 Å². The number of hydrogen-bond acceptors (Lipinski definition) is 4. The third kappa shape index (κ3) is 2.84. The van der Waals surface area contributed by atoms with Gasteiger partial charge in [-0.25, -0.2) is 4.98 Å². The lowest BCUT2D eigenvalue weighted by Gasteiger charge is -2.21. The molecule has 1 aromatic rings. The van der Waals surface area contributed by atoms with Crippen molar-refractivity contribution >= 4 is 24.3 Å². The van der Waals surface area contributed by atoms with Crippen molar-refractivity contribution in [2.45, 2.75) is 20.8 Å². The average molecular weight is 236 g/mol. The van der Waals surface area contributed by atoms with E-state index >= 15 is 0 Å². The van der Waals surface area contributed by atoms with E-state index in [1.807, 2.05) is 0 Å². The quantitative estimate of drug-likeness (QED) is 0.706. The number of carbonyl (C=O) groups excluding carboxylic acids is 1. The number of hydrogen-bond donors (Lipinski definition) is 2. The zero-order valence-corrected chi connectivity index (χ0v) is 10.5. The van der Waals surface area contributed by atoms with Crippen LogP contribution in [0.25, 0.3) is 0 Å². The van der Waals surface area contributed by atoms with Crippen LogP contribution in [0, 0.1) is 12.8 Å². The maximum Gasteiger partial charge on any atom is 0.488 e. The van der Waals surface area contributed by atoms with Gasteiger partial charge in [-0.3, -0.25) is 9.69 Å². The van der Waals surface area contributed by atoms with Crippen molar-refractivity contribution in [2.24, 2.45) is 5.92 Å². The molecule has 1 rings (SSSR count). The van der Waals surface area contributed by atoms with E-state index in [0.717, 1.165) is 0 Å². The van der Waals surface area contributed by atoms with Crippen LogP contribution in [0.15, 0.2) is 12.3 Å². The van der Waals surface area contributed by atoms with Gasteiger partial charge in [0, 0.05) is 19.2 Å². The van der Waals surface area contributed by atoms with Crippen LogP contribution in [0.2, 0.25) is 0 Å². The fourth-order valence-corrected chi connectivity index (χ4v) is 1.65. The molecule has 0 fully saturated rings. The number of nitrogens with zero attached hydrogens (tertiary/aromatic N) is 2. The van der Waals surface area contributed by atoms with Gasteiger partial charge in [-0.15, -0.1) is 0 Å². The monoisotopic (exact) mass is 236 g/mol. The second kappa shape index (κ2) is 5.29. The normalized spacial score (nSPS) is 10.5. The lowest BCUT2D eigenvalue weighted by molar-refractivity contribution is -0.121. The smallest absolute Gasteiger partial charge is 0.423 e. The van der Waals surface area contributed by atoms with Crippen LogP contribution in [0.4, 0.5) is 5.82 Å². The summed E-state index contributed by atoms with van der Waals surface area (Å²) in [5.74, 6) is 0.253. The average Bonchev–Trinajstić information content (AvgIpc) is 2.26. The molecule has 1 aromatic heterocycles. The second-order valence-electron chi connectivity index (χ2n) is 4.27. The molecule has 2 N–H and O–H groups in total. The molecule has 1 amide bonds. The summed E-state index contributed by atoms with van der Waals surface area (Å²) in [4.78, 5) is 17.4. The fraction of sp³-hybridized carbons (Fsp3) is 0.455. The largest absolute Gasteiger partial charge is 0.488 e. The summed E-state index contributed by atoms with van der Waals surface area (Å²) in [7, 11) is 0.0740. The summed E-state index contributed by atoms with van der Waals surface area (Å²) < 4.78 is 0. The Balaban J connectivity index is 3.15. The molecule has 0 atom stereocenters. The summed E-state index contributed by atoms with van der Waals surface area (Å²) in [6, 6.07) is 1.52. The third-order valence-electron chi connectivity index (χ3n) is 2.64. The SMILES string of the molecule is Cc1c(B(O)O)ccnc1N(C)C(=O)C(C)C. The Bertz CT molecular complexity index is 421. The minimum atomic E-state index is -1.56. The number of pyridine rings is 1. The van der Waals surface area contributed by atoms with Gasteiger partial charge in [0.05, 0.1) is 0 Å². The van der Waals surface area contributed by atoms with Crippen LogP contribution < -0.4 is 10.4 Å². The molecule has 0 aliphatic rings. The lowest BCUT2D eigenvalue weighted by Crippen LogP contribution is -2.37. The molecule has 0 saturated heterocycles. The molecule has 0 unspecified atom stereocenters. The highest BCUT2D eigenvalue weighted by Gasteiger charge is 2.22. The van der Waals surface area contributed by atoms with Gasteiger partial charge in [-0.2, -0.15) is 0 Å². The van der Waals surface area contributed by atoms with Crippen LogP contribution in [0.5, 0.6) is 0 Å². The molecule has 0 aromatic carbocycles. The topological polar surface area (TPSA) is 73.7 Å². The van der Waals surface area contributed by atoms with Crippen molar-refractivity contribution < 1.29 is 14.8 Å². The first kappa shape index (κ1) is 13.7. The first-order valence-corrected chi connectivity index (χ1v) is 5.45. The predicted octanol–water partition coefficient (Wildman–Crippen LogP) is -0.311. The summed E-state index contributed by atoms with van der Waals surface area (Å²) in [5.41, 5.74) is 0.956. The maximum atomic E-state index is 11.8. The zero-order valence-electron chi connectivity index (χ0n) is 10.5. The van der Waals surface area contributed by atoms with Crippen LogP contribution in [-0.2, 0) is 4.79 Å². The molecule has 6 heteroatoms. The van der Waals surface area contributed by atoms with Gasteiger partial charge in [0.15, 0.2) is 0 Å². The van der Waals surface area contributed by atoms with Gasteiger partial charge in [0.1, 0.15) is 5.82 Å². The Kier molecular flexibility index (Phi) is 4.25. The van der Waals surface area contributed by atoms with Crippen molar-refractivity contribution in [3.8, 4) is 0 Å². The Labute approximate surface area is 101 Å². The van der Waals surface area contributed by atoms with E-state index in [2.05, 4.69) is 4.98 Å². The second-order valence-corrected chi connectivity index (χ2v) is 4.27. The number of carbonyl (C=O) groups is 1. The fourth-order valence-electron chi connectivity index (χ4n) is 1.65. The van der Waals surface area contributed by atoms with Crippen molar-refractivity contribution in [2.75, 3.05) is 11.9 Å². The van der Waals surface area contributed by atoms with Gasteiger partial charge < -0.3 is 10.0 Å². The van der Waals surface area contributed by atoms with Gasteiger partial charge in [-0.05, 0) is 24.0 Å². The number of rotatable bonds is 3. The molecule has 0 bridgehead atoms. The predicted molar refractivity (Wildman–Crippen MR) is 67.0 cm³/mol. The molecular formula is C11H17BN2O3. The molecular weight excluding hydrogens is 219 g/mol. The highest BCUT2D eigenvalue weighted by molar-refractivity contribution is 6.59. The van der Waals surface area contributed by atoms with E-state index in [1.165, 1.54) is 17.2 Å². The highest BCUT2D eigenvalue weighted by atomic mass is 16.4. The number of amides is 1. The van der Waals surface area contributed by atoms with Gasteiger partial charge in [0.25, 0.3) is 0 Å². The molecule has 0 aliphatic heterocycles. The summed E-state index contributed by atoms with van der Waals surface area (Å²) in [6.45, 7) is 5.32. The molecule has 0 saturated carbocycles. The van der Waals surface area contributed by atoms with Crippen LogP contribution in [-0.4, -0.2) is 35.1 Å². The highest BCUT2D eigenvalue weighted by Crippen LogP contribution is 2.15. The summed E-state index contributed by atoms with van der Waals surface area (Å²) in [6.07, 6.45) is 1.46. The van der Waals surface area contributed by atoms with E-state index in [0.29, 0.717) is 16.8 Å². The molecule has 0 radical (unpaired) electrons. The zero-order chi connectivity index (χ0) is 13.2. The lowest BCUT2D eigenvalue weighted by atomic mass is 9.78. The Morgan fingerprint density at radius 2 is 2.06 bits per heavy atom. The van der Waals surface area contributed by atoms with E-state index in [1.54, 1.807) is 27.8 Å². The Morgan fingerprint density at radius 3 is 2.53 bits per heavy atom. The maximum absolute atomic E-state index is 11.8. The van der Waals surface area contributed by atoms with Crippen molar-refractivity contribution in [1.29, 1.82) is 0 Å². The summed E-state index contributed by atoms with van der Waals surface area (Å²) >= 11 is 0. The van der Waals surface area contributed by atoms with Crippen LogP contribution >= 0.6 is 0 Å². The van der Waals surface area contributed by atoms with E-state index in [4.69, 9.17) is 0 Å². The van der Waals surface area contributed by atoms with Crippen molar-refractivity contribution in [3.05, 3.63) is 17.8 Å². The Hall–Kier alpha value is -1.40. The first-order chi connectivity index (χ1) is 7.86. The molecule has 5 nitrogen and oxygen atoms in total. The van der Waals surface area contributed by atoms with Gasteiger partial charge in [0.2, 0.25) is 5.91 Å². The van der Waals surface area contributed by atoms with Crippen LogP contribution in [0.3, 0.4) is 0 Å². The Morgan fingerprint density at radius 1 is 1.47 bits per heavy atom. The van der Waals surface area contributed by atoms with E-state index < -0.39 is 7.12 Å². The van der Waals surface area contributed by atoms with Crippen molar-refractivity contribution in [1.82, 2.24) is 4.98 Å². The standard InChI is InChI=1S/C11H17BN2O3/c1-7(2)11(15)14(4)10-8(3)9(12(16)17)5-6-13-10/h5-7,16-17H,1-4H3. The van der Waals surface area contributed by atoms with Gasteiger partial charge in [-0.1, -0.05) is 13.8 Å². The number of aromatic nitrogens is 1. The number of anilines is 1. The van der Waals surface area contributed by atoms with E-state index in [-0.39, 0.29) is 11.8 Å². The molecule has 92 valence electrons. The third-order valence-corrected chi connectivity index (χ3v) is 2.64. The minimum absolute atomic E-state index is 0.0646. The molecule has 1 heterocycles. The first-order valence-electron chi connectivity index (χ1n) is 5.45. The molecule has 17 heavy (non-hydrogen) atoms. The van der Waals surface area contributed by atoms with Crippen molar-refractivity contribution in [3.63, 3.8) is 0 Å². The van der Waals surface area contributed by atoms with Crippen LogP contribution in [0.1, 0.15) is 19.4 Å². The molecule has 0 aliphatic carbocycles. The minimum Gasteiger partial charge on any atom is -0.423 e. The summed E-state index contributed by atoms with van der Waals surface area (Å²) in [5, 5.41) is 18.4.